The fourth-order valence-electron chi connectivity index (χ4n) is 2.68. The molecule has 0 unspecified atom stereocenters. The van der Waals surface area contributed by atoms with Crippen LogP contribution in [-0.4, -0.2) is 51.0 Å². The summed E-state index contributed by atoms with van der Waals surface area (Å²) in [5.74, 6) is -2.35. The summed E-state index contributed by atoms with van der Waals surface area (Å²) in [5, 5.41) is 17.5. The second-order valence-corrected chi connectivity index (χ2v) is 18.7. The van der Waals surface area contributed by atoms with E-state index in [4.69, 9.17) is 14.9 Å². The molecule has 7 heteroatoms. The first-order valence-electron chi connectivity index (χ1n) is 6.99. The molecule has 0 saturated heterocycles. The van der Waals surface area contributed by atoms with Crippen molar-refractivity contribution < 1.29 is 24.5 Å². The predicted octanol–water partition coefficient (Wildman–Crippen LogP) is 2.91. The molecule has 0 bridgehead atoms. The second-order valence-electron chi connectivity index (χ2n) is 7.30. The Bertz CT molecular complexity index is 336. The van der Waals surface area contributed by atoms with Crippen LogP contribution in [0.1, 0.15) is 12.8 Å². The lowest BCUT2D eigenvalue weighted by Crippen LogP contribution is -2.37. The zero-order chi connectivity index (χ0) is 16.0. The molecule has 0 amide bonds. The normalized spacial score (nSPS) is 14.1. The third kappa shape index (κ3) is 10.2. The van der Waals surface area contributed by atoms with Gasteiger partial charge in [0.05, 0.1) is 6.42 Å². The first kappa shape index (κ1) is 19.3. The summed E-state index contributed by atoms with van der Waals surface area (Å²) >= 11 is 0. The molecular formula is C13H28O5Si2. The molecule has 0 radical (unpaired) electrons. The van der Waals surface area contributed by atoms with E-state index in [1.807, 2.05) is 0 Å². The molecule has 0 aromatic rings. The molecule has 2 N–H and O–H groups in total. The standard InChI is InChI=1S/C13H28O5Si2/c1-19(2,3)10-20(4,5)8-6-7-18-11(13(16)17)9-12(14)15/h11H,6-10H2,1-5H3,(H,14,15)(H,16,17)/t11-/m0/s1. The molecule has 0 aliphatic carbocycles. The third-order valence-electron chi connectivity index (χ3n) is 2.96. The minimum Gasteiger partial charge on any atom is -0.481 e. The molecule has 0 aromatic heterocycles. The Balaban J connectivity index is 4.11. The van der Waals surface area contributed by atoms with Gasteiger partial charge < -0.3 is 14.9 Å². The number of carboxylic acid groups (broad SMARTS) is 2. The van der Waals surface area contributed by atoms with Gasteiger partial charge in [-0.1, -0.05) is 44.4 Å². The van der Waals surface area contributed by atoms with Crippen molar-refractivity contribution in [2.75, 3.05) is 6.61 Å². The number of hydrogen-bond acceptors (Lipinski definition) is 3. The van der Waals surface area contributed by atoms with Crippen LogP contribution in [0.5, 0.6) is 0 Å². The quantitative estimate of drug-likeness (QED) is 0.477. The largest absolute Gasteiger partial charge is 0.481 e. The monoisotopic (exact) mass is 320 g/mol. The van der Waals surface area contributed by atoms with E-state index < -0.39 is 40.6 Å². The lowest BCUT2D eigenvalue weighted by Gasteiger charge is -2.29. The molecule has 0 rings (SSSR count). The summed E-state index contributed by atoms with van der Waals surface area (Å²) < 4.78 is 5.19. The smallest absolute Gasteiger partial charge is 0.333 e. The molecule has 0 aromatic carbocycles. The van der Waals surface area contributed by atoms with Crippen LogP contribution in [0.2, 0.25) is 44.4 Å². The van der Waals surface area contributed by atoms with Gasteiger partial charge in [0, 0.05) is 22.8 Å². The van der Waals surface area contributed by atoms with Crippen molar-refractivity contribution in [3.05, 3.63) is 0 Å². The maximum atomic E-state index is 10.8. The zero-order valence-corrected chi connectivity index (χ0v) is 15.2. The second kappa shape index (κ2) is 7.94. The molecule has 0 aliphatic heterocycles. The lowest BCUT2D eigenvalue weighted by atomic mass is 10.2. The number of carbonyl (C=O) groups is 2. The fourth-order valence-corrected chi connectivity index (χ4v) is 16.0. The maximum Gasteiger partial charge on any atom is 0.333 e. The van der Waals surface area contributed by atoms with Gasteiger partial charge in [-0.05, 0) is 6.42 Å². The van der Waals surface area contributed by atoms with Gasteiger partial charge in [0.2, 0.25) is 0 Å². The Morgan fingerprint density at radius 2 is 1.65 bits per heavy atom. The highest BCUT2D eigenvalue weighted by atomic mass is 28.4. The number of aliphatic carboxylic acids is 2. The summed E-state index contributed by atoms with van der Waals surface area (Å²) in [6.45, 7) is 12.1. The Kier molecular flexibility index (Phi) is 7.68. The summed E-state index contributed by atoms with van der Waals surface area (Å²) in [6.07, 6.45) is -0.896. The van der Waals surface area contributed by atoms with Crippen molar-refractivity contribution in [1.82, 2.24) is 0 Å². The molecule has 1 atom stereocenters. The molecule has 0 fully saturated rings. The van der Waals surface area contributed by atoms with Crippen molar-refractivity contribution >= 4 is 28.1 Å². The van der Waals surface area contributed by atoms with E-state index >= 15 is 0 Å². The van der Waals surface area contributed by atoms with E-state index in [1.54, 1.807) is 0 Å². The zero-order valence-electron chi connectivity index (χ0n) is 13.2. The van der Waals surface area contributed by atoms with Crippen molar-refractivity contribution in [1.29, 1.82) is 0 Å². The minimum atomic E-state index is -1.25. The van der Waals surface area contributed by atoms with Gasteiger partial charge in [-0.3, -0.25) is 4.79 Å². The summed E-state index contributed by atoms with van der Waals surface area (Å²) in [5.41, 5.74) is 1.34. The van der Waals surface area contributed by atoms with Crippen molar-refractivity contribution in [3.63, 3.8) is 0 Å². The summed E-state index contributed by atoms with van der Waals surface area (Å²) in [7, 11) is -2.32. The van der Waals surface area contributed by atoms with Crippen molar-refractivity contribution in [3.8, 4) is 0 Å². The van der Waals surface area contributed by atoms with Gasteiger partial charge in [0.25, 0.3) is 0 Å². The maximum absolute atomic E-state index is 10.8. The average Bonchev–Trinajstić information content (AvgIpc) is 2.18. The van der Waals surface area contributed by atoms with E-state index in [2.05, 4.69) is 32.7 Å². The topological polar surface area (TPSA) is 83.8 Å². The van der Waals surface area contributed by atoms with Crippen LogP contribution in [-0.2, 0) is 14.3 Å². The van der Waals surface area contributed by atoms with Crippen LogP contribution < -0.4 is 0 Å². The molecule has 0 spiro atoms. The van der Waals surface area contributed by atoms with Gasteiger partial charge in [-0.25, -0.2) is 4.79 Å². The molecule has 0 heterocycles. The minimum absolute atomic E-state index is 0.326. The molecule has 5 nitrogen and oxygen atoms in total. The van der Waals surface area contributed by atoms with Gasteiger partial charge in [-0.2, -0.15) is 0 Å². The molecule has 20 heavy (non-hydrogen) atoms. The van der Waals surface area contributed by atoms with Crippen LogP contribution in [0.3, 0.4) is 0 Å². The summed E-state index contributed by atoms with van der Waals surface area (Å²) in [4.78, 5) is 21.4. The van der Waals surface area contributed by atoms with E-state index in [0.29, 0.717) is 6.61 Å². The van der Waals surface area contributed by atoms with Gasteiger partial charge in [0.1, 0.15) is 0 Å². The molecule has 0 saturated carbocycles. The van der Waals surface area contributed by atoms with Crippen LogP contribution in [0.25, 0.3) is 0 Å². The van der Waals surface area contributed by atoms with E-state index in [0.717, 1.165) is 12.5 Å². The number of carboxylic acids is 2. The van der Waals surface area contributed by atoms with Crippen LogP contribution in [0, 0.1) is 0 Å². The Morgan fingerprint density at radius 3 is 2.05 bits per heavy atom. The Morgan fingerprint density at radius 1 is 1.10 bits per heavy atom. The van der Waals surface area contributed by atoms with E-state index in [9.17, 15) is 9.59 Å². The Hall–Kier alpha value is -0.666. The molecule has 118 valence electrons. The van der Waals surface area contributed by atoms with E-state index in [1.165, 1.54) is 5.67 Å². The fraction of sp³-hybridized carbons (Fsp3) is 0.846. The predicted molar refractivity (Wildman–Crippen MR) is 84.7 cm³/mol. The van der Waals surface area contributed by atoms with Gasteiger partial charge in [0.15, 0.2) is 6.10 Å². The number of rotatable bonds is 10. The van der Waals surface area contributed by atoms with Crippen molar-refractivity contribution in [2.45, 2.75) is 63.4 Å². The van der Waals surface area contributed by atoms with Gasteiger partial charge in [-0.15, -0.1) is 0 Å². The number of ether oxygens (including phenoxy) is 1. The highest BCUT2D eigenvalue weighted by molar-refractivity contribution is 6.94. The Labute approximate surface area is 123 Å². The summed E-state index contributed by atoms with van der Waals surface area (Å²) in [6, 6.07) is 1.09. The van der Waals surface area contributed by atoms with Gasteiger partial charge >= 0.3 is 11.9 Å². The van der Waals surface area contributed by atoms with E-state index in [-0.39, 0.29) is 0 Å². The highest BCUT2D eigenvalue weighted by Crippen LogP contribution is 2.24. The average molecular weight is 321 g/mol. The van der Waals surface area contributed by atoms with Crippen LogP contribution >= 0.6 is 0 Å². The first-order valence-corrected chi connectivity index (χ1v) is 14.1. The highest BCUT2D eigenvalue weighted by Gasteiger charge is 2.28. The van der Waals surface area contributed by atoms with Crippen molar-refractivity contribution in [2.24, 2.45) is 0 Å². The lowest BCUT2D eigenvalue weighted by molar-refractivity contribution is -0.156. The van der Waals surface area contributed by atoms with Crippen LogP contribution in [0.15, 0.2) is 0 Å². The SMILES string of the molecule is C[Si](C)(C)C[Si](C)(C)CCCO[C@@H](CC(=O)O)C(=O)O. The third-order valence-corrected chi connectivity index (χ3v) is 12.7. The molecule has 0 aliphatic rings. The first-order chi connectivity index (χ1) is 8.93. The number of hydrogen-bond donors (Lipinski definition) is 2. The molecular weight excluding hydrogens is 292 g/mol. The van der Waals surface area contributed by atoms with Crippen LogP contribution in [0.4, 0.5) is 0 Å².